The number of nitrogens with zero attached hydrogens (tertiary/aromatic N) is 1. The highest BCUT2D eigenvalue weighted by Gasteiger charge is 2.16. The Bertz CT molecular complexity index is 582. The van der Waals surface area contributed by atoms with Gasteiger partial charge in [0.15, 0.2) is 0 Å². The highest BCUT2D eigenvalue weighted by atomic mass is 32.2. The van der Waals surface area contributed by atoms with Gasteiger partial charge in [-0.15, -0.1) is 0 Å². The van der Waals surface area contributed by atoms with Crippen LogP contribution in [-0.2, 0) is 16.4 Å². The fourth-order valence-electron chi connectivity index (χ4n) is 2.83. The summed E-state index contributed by atoms with van der Waals surface area (Å²) in [6.45, 7) is 0.507. The van der Waals surface area contributed by atoms with E-state index in [0.29, 0.717) is 18.9 Å². The Labute approximate surface area is 127 Å². The van der Waals surface area contributed by atoms with E-state index < -0.39 is 10.0 Å². The number of hydrogen-bond donors (Lipinski definition) is 1. The highest BCUT2D eigenvalue weighted by Crippen LogP contribution is 2.25. The summed E-state index contributed by atoms with van der Waals surface area (Å²) in [5, 5.41) is 8.61. The van der Waals surface area contributed by atoms with E-state index in [1.807, 2.05) is 6.07 Å². The van der Waals surface area contributed by atoms with Crippen molar-refractivity contribution >= 4 is 10.0 Å². The third-order valence-corrected chi connectivity index (χ3v) is 5.56. The number of benzene rings is 1. The molecule has 2 rings (SSSR count). The molecule has 0 heterocycles. The fourth-order valence-corrected chi connectivity index (χ4v) is 3.88. The molecule has 0 amide bonds. The maximum Gasteiger partial charge on any atom is 0.240 e. The van der Waals surface area contributed by atoms with Crippen LogP contribution in [0.3, 0.4) is 0 Å². The zero-order chi connectivity index (χ0) is 15.1. The maximum atomic E-state index is 12.2. The molecule has 1 aliphatic carbocycles. The minimum atomic E-state index is -3.43. The standard InChI is InChI=1S/C16H22N2O2S/c17-12-10-15-6-8-16(9-7-15)21(19,20)18-13-11-14-4-2-1-3-5-14/h6-9,14,18H,1-5,10-11,13H2. The summed E-state index contributed by atoms with van der Waals surface area (Å²) in [5.74, 6) is 0.666. The van der Waals surface area contributed by atoms with Crippen molar-refractivity contribution in [3.63, 3.8) is 0 Å². The first-order valence-electron chi connectivity index (χ1n) is 7.57. The monoisotopic (exact) mass is 306 g/mol. The van der Waals surface area contributed by atoms with Crippen molar-refractivity contribution < 1.29 is 8.42 Å². The maximum absolute atomic E-state index is 12.2. The van der Waals surface area contributed by atoms with Crippen LogP contribution in [0.25, 0.3) is 0 Å². The van der Waals surface area contributed by atoms with Gasteiger partial charge in [0.2, 0.25) is 10.0 Å². The van der Waals surface area contributed by atoms with Gasteiger partial charge >= 0.3 is 0 Å². The minimum Gasteiger partial charge on any atom is -0.211 e. The number of hydrogen-bond acceptors (Lipinski definition) is 3. The van der Waals surface area contributed by atoms with Crippen LogP contribution >= 0.6 is 0 Å². The normalized spacial score (nSPS) is 16.5. The summed E-state index contributed by atoms with van der Waals surface area (Å²) < 4.78 is 27.0. The van der Waals surface area contributed by atoms with Gasteiger partial charge in [0.05, 0.1) is 17.4 Å². The molecule has 0 aromatic heterocycles. The van der Waals surface area contributed by atoms with Crippen LogP contribution in [0.2, 0.25) is 0 Å². The molecule has 5 heteroatoms. The van der Waals surface area contributed by atoms with Crippen molar-refractivity contribution in [3.05, 3.63) is 29.8 Å². The molecule has 0 bridgehead atoms. The molecular formula is C16H22N2O2S. The lowest BCUT2D eigenvalue weighted by Crippen LogP contribution is -2.26. The second-order valence-electron chi connectivity index (χ2n) is 5.67. The Hall–Kier alpha value is -1.38. The van der Waals surface area contributed by atoms with Crippen LogP contribution in [-0.4, -0.2) is 15.0 Å². The number of nitriles is 1. The number of sulfonamides is 1. The molecule has 0 saturated heterocycles. The molecule has 21 heavy (non-hydrogen) atoms. The fraction of sp³-hybridized carbons (Fsp3) is 0.562. The average molecular weight is 306 g/mol. The Morgan fingerprint density at radius 2 is 1.81 bits per heavy atom. The van der Waals surface area contributed by atoms with Gasteiger partial charge < -0.3 is 0 Å². The van der Waals surface area contributed by atoms with Gasteiger partial charge in [0, 0.05) is 6.54 Å². The Morgan fingerprint density at radius 3 is 2.43 bits per heavy atom. The van der Waals surface area contributed by atoms with Gasteiger partial charge in [-0.05, 0) is 30.0 Å². The van der Waals surface area contributed by atoms with E-state index in [4.69, 9.17) is 5.26 Å². The predicted molar refractivity (Wildman–Crippen MR) is 82.1 cm³/mol. The van der Waals surface area contributed by atoms with E-state index in [1.54, 1.807) is 24.3 Å². The lowest BCUT2D eigenvalue weighted by molar-refractivity contribution is 0.339. The van der Waals surface area contributed by atoms with Crippen LogP contribution in [0.4, 0.5) is 0 Å². The second kappa shape index (κ2) is 7.58. The molecule has 0 aliphatic heterocycles. The van der Waals surface area contributed by atoms with E-state index >= 15 is 0 Å². The van der Waals surface area contributed by atoms with Crippen LogP contribution in [0.5, 0.6) is 0 Å². The van der Waals surface area contributed by atoms with Gasteiger partial charge in [-0.3, -0.25) is 0 Å². The van der Waals surface area contributed by atoms with Crippen LogP contribution in [0, 0.1) is 17.2 Å². The SMILES string of the molecule is N#CCc1ccc(S(=O)(=O)NCCC2CCCCC2)cc1. The lowest BCUT2D eigenvalue weighted by atomic mass is 9.87. The molecule has 1 aromatic rings. The second-order valence-corrected chi connectivity index (χ2v) is 7.44. The first-order valence-corrected chi connectivity index (χ1v) is 9.06. The molecule has 1 aliphatic rings. The third-order valence-electron chi connectivity index (χ3n) is 4.09. The summed E-state index contributed by atoms with van der Waals surface area (Å²) in [7, 11) is -3.43. The molecule has 114 valence electrons. The lowest BCUT2D eigenvalue weighted by Gasteiger charge is -2.21. The van der Waals surface area contributed by atoms with E-state index in [0.717, 1.165) is 12.0 Å². The van der Waals surface area contributed by atoms with Crippen LogP contribution in [0.1, 0.15) is 44.1 Å². The Balaban J connectivity index is 1.87. The molecule has 0 atom stereocenters. The quantitative estimate of drug-likeness (QED) is 0.878. The highest BCUT2D eigenvalue weighted by molar-refractivity contribution is 7.89. The molecule has 1 saturated carbocycles. The van der Waals surface area contributed by atoms with E-state index in [2.05, 4.69) is 4.72 Å². The number of nitrogens with one attached hydrogen (secondary N) is 1. The summed E-state index contributed by atoms with van der Waals surface area (Å²) in [6, 6.07) is 8.56. The van der Waals surface area contributed by atoms with Gasteiger partial charge in [0.25, 0.3) is 0 Å². The number of rotatable bonds is 6. The van der Waals surface area contributed by atoms with Crippen molar-refractivity contribution in [1.29, 1.82) is 5.26 Å². The van der Waals surface area contributed by atoms with Crippen molar-refractivity contribution in [3.8, 4) is 6.07 Å². The van der Waals surface area contributed by atoms with Crippen molar-refractivity contribution in [2.24, 2.45) is 5.92 Å². The van der Waals surface area contributed by atoms with Crippen molar-refractivity contribution in [2.45, 2.75) is 49.8 Å². The van der Waals surface area contributed by atoms with Gasteiger partial charge in [-0.2, -0.15) is 5.26 Å². The average Bonchev–Trinajstić information content (AvgIpc) is 2.49. The minimum absolute atomic E-state index is 0.271. The predicted octanol–water partition coefficient (Wildman–Crippen LogP) is 3.00. The smallest absolute Gasteiger partial charge is 0.211 e. The zero-order valence-electron chi connectivity index (χ0n) is 12.2. The molecule has 0 unspecified atom stereocenters. The van der Waals surface area contributed by atoms with Gasteiger partial charge in [-0.25, -0.2) is 13.1 Å². The summed E-state index contributed by atoms with van der Waals surface area (Å²) in [4.78, 5) is 0.271. The van der Waals surface area contributed by atoms with Gasteiger partial charge in [0.1, 0.15) is 0 Å². The summed E-state index contributed by atoms with van der Waals surface area (Å²) in [5.41, 5.74) is 0.832. The van der Waals surface area contributed by atoms with Crippen molar-refractivity contribution in [1.82, 2.24) is 4.72 Å². The van der Waals surface area contributed by atoms with Gasteiger partial charge in [-0.1, -0.05) is 44.2 Å². The van der Waals surface area contributed by atoms with Crippen molar-refractivity contribution in [2.75, 3.05) is 6.54 Å². The molecule has 1 N–H and O–H groups in total. The molecular weight excluding hydrogens is 284 g/mol. The first-order chi connectivity index (χ1) is 10.1. The Kier molecular flexibility index (Phi) is 5.77. The molecule has 0 radical (unpaired) electrons. The molecule has 1 fully saturated rings. The molecule has 4 nitrogen and oxygen atoms in total. The largest absolute Gasteiger partial charge is 0.240 e. The van der Waals surface area contributed by atoms with E-state index in [9.17, 15) is 8.42 Å². The van der Waals surface area contributed by atoms with E-state index in [-0.39, 0.29) is 4.90 Å². The van der Waals surface area contributed by atoms with Crippen LogP contribution < -0.4 is 4.72 Å². The third kappa shape index (κ3) is 4.83. The zero-order valence-corrected chi connectivity index (χ0v) is 13.0. The Morgan fingerprint density at radius 1 is 1.14 bits per heavy atom. The summed E-state index contributed by atoms with van der Waals surface area (Å²) >= 11 is 0. The first kappa shape index (κ1) is 16.0. The molecule has 1 aromatic carbocycles. The van der Waals surface area contributed by atoms with E-state index in [1.165, 1.54) is 32.1 Å². The topological polar surface area (TPSA) is 70.0 Å². The summed E-state index contributed by atoms with van der Waals surface area (Å²) in [6.07, 6.45) is 7.54. The molecule has 0 spiro atoms. The van der Waals surface area contributed by atoms with Crippen LogP contribution in [0.15, 0.2) is 29.2 Å².